The highest BCUT2D eigenvalue weighted by atomic mass is 127. The van der Waals surface area contributed by atoms with Crippen LogP contribution < -0.4 is 4.90 Å². The number of nitroso groups, excluding NO2 is 1. The van der Waals surface area contributed by atoms with Crippen LogP contribution in [0.15, 0.2) is 34.7 Å². The minimum absolute atomic E-state index is 0.0761. The summed E-state index contributed by atoms with van der Waals surface area (Å²) in [5.74, 6) is -3.34. The average Bonchev–Trinajstić information content (AvgIpc) is 3.07. The highest BCUT2D eigenvalue weighted by Crippen LogP contribution is 2.35. The normalized spacial score (nSPS) is 22.5. The number of rotatable bonds is 4. The third-order valence-electron chi connectivity index (χ3n) is 3.68. The molecule has 1 fully saturated rings. The number of esters is 1. The first-order chi connectivity index (χ1) is 11.5. The van der Waals surface area contributed by atoms with Crippen LogP contribution in [0.25, 0.3) is 0 Å². The lowest BCUT2D eigenvalue weighted by Crippen LogP contribution is -2.36. The molecule has 124 valence electrons. The molecule has 0 aromatic heterocycles. The van der Waals surface area contributed by atoms with Gasteiger partial charge in [-0.2, -0.15) is 0 Å². The van der Waals surface area contributed by atoms with E-state index in [-0.39, 0.29) is 12.3 Å². The van der Waals surface area contributed by atoms with Gasteiger partial charge in [-0.05, 0) is 53.8 Å². The number of ether oxygens (including phenoxy) is 1. The minimum atomic E-state index is -1.26. The number of hydrogen-bond acceptors (Lipinski definition) is 7. The highest BCUT2D eigenvalue weighted by Gasteiger charge is 2.59. The number of amides is 2. The van der Waals surface area contributed by atoms with Gasteiger partial charge in [-0.3, -0.25) is 9.59 Å². The second-order valence-corrected chi connectivity index (χ2v) is 6.26. The number of nitrogens with zero attached hydrogens (tertiary/aromatic N) is 4. The van der Waals surface area contributed by atoms with E-state index in [1.54, 1.807) is 31.2 Å². The molecule has 1 aromatic rings. The lowest BCUT2D eigenvalue weighted by molar-refractivity contribution is -0.136. The molecule has 0 N–H and O–H groups in total. The summed E-state index contributed by atoms with van der Waals surface area (Å²) in [7, 11) is 0. The zero-order chi connectivity index (χ0) is 17.4. The number of benzene rings is 1. The molecule has 2 amide bonds. The summed E-state index contributed by atoms with van der Waals surface area (Å²) in [4.78, 5) is 49.2. The molecule has 0 unspecified atom stereocenters. The van der Waals surface area contributed by atoms with Gasteiger partial charge in [0, 0.05) is 3.57 Å². The van der Waals surface area contributed by atoms with Crippen LogP contribution >= 0.6 is 22.6 Å². The summed E-state index contributed by atoms with van der Waals surface area (Å²) >= 11 is 2.09. The van der Waals surface area contributed by atoms with E-state index in [0.717, 1.165) is 8.47 Å². The van der Waals surface area contributed by atoms with Gasteiger partial charge in [0.25, 0.3) is 5.91 Å². The Morgan fingerprint density at radius 2 is 1.96 bits per heavy atom. The van der Waals surface area contributed by atoms with Crippen LogP contribution in [0.5, 0.6) is 0 Å². The number of carbonyl (C=O) groups excluding carboxylic acids is 3. The molecule has 9 nitrogen and oxygen atoms in total. The summed E-state index contributed by atoms with van der Waals surface area (Å²) in [6.45, 7) is 1.67. The van der Waals surface area contributed by atoms with Crippen molar-refractivity contribution in [1.82, 2.24) is 5.12 Å². The maximum absolute atomic E-state index is 12.7. The molecule has 2 aliphatic rings. The topological polar surface area (TPSA) is 109 Å². The number of halogens is 1. The number of fused-ring (bicyclic) bond motifs is 1. The maximum Gasteiger partial charge on any atom is 0.355 e. The van der Waals surface area contributed by atoms with E-state index in [0.29, 0.717) is 10.8 Å². The Kier molecular flexibility index (Phi) is 4.30. The molecule has 2 atom stereocenters. The molecule has 24 heavy (non-hydrogen) atoms. The van der Waals surface area contributed by atoms with Gasteiger partial charge in [0.1, 0.15) is 5.92 Å². The van der Waals surface area contributed by atoms with Crippen molar-refractivity contribution in [3.8, 4) is 0 Å². The van der Waals surface area contributed by atoms with Crippen LogP contribution in [0, 0.1) is 14.4 Å². The number of imide groups is 1. The summed E-state index contributed by atoms with van der Waals surface area (Å²) < 4.78 is 5.78. The monoisotopic (exact) mass is 442 g/mol. The molecular formula is C14H11IN4O5. The molecule has 2 heterocycles. The fraction of sp³-hybridized carbons (Fsp3) is 0.286. The molecule has 1 aromatic carbocycles. The van der Waals surface area contributed by atoms with Crippen molar-refractivity contribution in [2.75, 3.05) is 11.5 Å². The second kappa shape index (κ2) is 6.26. The van der Waals surface area contributed by atoms with Crippen LogP contribution in [-0.2, 0) is 19.1 Å². The molecule has 2 aliphatic heterocycles. The Hall–Kier alpha value is -2.37. The van der Waals surface area contributed by atoms with Gasteiger partial charge in [-0.1, -0.05) is 0 Å². The van der Waals surface area contributed by atoms with E-state index in [1.807, 2.05) is 0 Å². The molecule has 0 aliphatic carbocycles. The van der Waals surface area contributed by atoms with Crippen LogP contribution in [0.2, 0.25) is 0 Å². The van der Waals surface area contributed by atoms with E-state index in [2.05, 4.69) is 33.0 Å². The Labute approximate surface area is 149 Å². The molecule has 3 rings (SSSR count). The molecule has 0 spiro atoms. The molecule has 0 bridgehead atoms. The van der Waals surface area contributed by atoms with Gasteiger partial charge in [0.2, 0.25) is 5.91 Å². The van der Waals surface area contributed by atoms with Crippen LogP contribution in [0.1, 0.15) is 6.92 Å². The van der Waals surface area contributed by atoms with Crippen molar-refractivity contribution in [3.63, 3.8) is 0 Å². The zero-order valence-electron chi connectivity index (χ0n) is 12.4. The first kappa shape index (κ1) is 16.5. The third kappa shape index (κ3) is 2.46. The average molecular weight is 442 g/mol. The Bertz CT molecular complexity index is 763. The Morgan fingerprint density at radius 1 is 1.29 bits per heavy atom. The van der Waals surface area contributed by atoms with E-state index < -0.39 is 29.7 Å². The SMILES string of the molecule is CCOC(=O)C1=NN(N=O)[C@@H]2C(=O)N(c3ccc(I)cc3)C(=O)[C@H]12. The van der Waals surface area contributed by atoms with E-state index >= 15 is 0 Å². The van der Waals surface area contributed by atoms with Crippen LogP contribution in [0.3, 0.4) is 0 Å². The van der Waals surface area contributed by atoms with E-state index in [9.17, 15) is 19.3 Å². The molecule has 1 saturated heterocycles. The molecule has 0 radical (unpaired) electrons. The van der Waals surface area contributed by atoms with Gasteiger partial charge < -0.3 is 4.74 Å². The predicted molar refractivity (Wildman–Crippen MR) is 90.6 cm³/mol. The summed E-state index contributed by atoms with van der Waals surface area (Å²) in [5.41, 5.74) is 0.0710. The molecule has 10 heteroatoms. The predicted octanol–water partition coefficient (Wildman–Crippen LogP) is 1.07. The highest BCUT2D eigenvalue weighted by molar-refractivity contribution is 14.1. The third-order valence-corrected chi connectivity index (χ3v) is 4.40. The Balaban J connectivity index is 2.00. The largest absolute Gasteiger partial charge is 0.461 e. The van der Waals surface area contributed by atoms with Crippen LogP contribution in [-0.4, -0.2) is 41.3 Å². The van der Waals surface area contributed by atoms with Crippen molar-refractivity contribution in [3.05, 3.63) is 32.7 Å². The van der Waals surface area contributed by atoms with Crippen molar-refractivity contribution < 1.29 is 19.1 Å². The standard InChI is InChI=1S/C14H11IN4O5/c1-2-24-14(22)10-9-11(19(16-10)17-23)13(21)18(12(9)20)8-5-3-7(15)4-6-8/h3-6,9,11H,2H2,1H3/t9-,11+/m1/s1. The number of anilines is 1. The summed E-state index contributed by atoms with van der Waals surface area (Å²) in [5, 5.41) is 6.88. The molecular weight excluding hydrogens is 431 g/mol. The fourth-order valence-electron chi connectivity index (χ4n) is 2.68. The number of carbonyl (C=O) groups is 3. The van der Waals surface area contributed by atoms with Crippen molar-refractivity contribution >= 4 is 51.8 Å². The van der Waals surface area contributed by atoms with Gasteiger partial charge in [0.15, 0.2) is 11.8 Å². The lowest BCUT2D eigenvalue weighted by atomic mass is 9.98. The Morgan fingerprint density at radius 3 is 2.54 bits per heavy atom. The smallest absolute Gasteiger partial charge is 0.355 e. The number of hydrazone groups is 1. The molecule has 0 saturated carbocycles. The summed E-state index contributed by atoms with van der Waals surface area (Å²) in [6, 6.07) is 5.44. The lowest BCUT2D eigenvalue weighted by Gasteiger charge is -2.16. The second-order valence-electron chi connectivity index (χ2n) is 5.02. The van der Waals surface area contributed by atoms with E-state index in [4.69, 9.17) is 4.74 Å². The first-order valence-electron chi connectivity index (χ1n) is 7.01. The maximum atomic E-state index is 12.7. The van der Waals surface area contributed by atoms with Gasteiger partial charge in [-0.15, -0.1) is 15.1 Å². The van der Waals surface area contributed by atoms with Crippen molar-refractivity contribution in [2.24, 2.45) is 16.3 Å². The summed E-state index contributed by atoms with van der Waals surface area (Å²) in [6.07, 6.45) is 0. The van der Waals surface area contributed by atoms with E-state index in [1.165, 1.54) is 0 Å². The minimum Gasteiger partial charge on any atom is -0.461 e. The van der Waals surface area contributed by atoms with Gasteiger partial charge in [0.05, 0.1) is 17.6 Å². The quantitative estimate of drug-likeness (QED) is 0.299. The first-order valence-corrected chi connectivity index (χ1v) is 8.09. The number of hydrogen-bond donors (Lipinski definition) is 0. The van der Waals surface area contributed by atoms with Gasteiger partial charge >= 0.3 is 5.97 Å². The van der Waals surface area contributed by atoms with Gasteiger partial charge in [-0.25, -0.2) is 9.69 Å². The zero-order valence-corrected chi connectivity index (χ0v) is 14.5. The fourth-order valence-corrected chi connectivity index (χ4v) is 3.04. The van der Waals surface area contributed by atoms with Crippen LogP contribution in [0.4, 0.5) is 5.69 Å². The van der Waals surface area contributed by atoms with Crippen molar-refractivity contribution in [2.45, 2.75) is 13.0 Å². The van der Waals surface area contributed by atoms with Crippen molar-refractivity contribution in [1.29, 1.82) is 0 Å².